The van der Waals surface area contributed by atoms with Crippen LogP contribution in [0, 0.1) is 17.3 Å². The molecule has 1 fully saturated rings. The highest BCUT2D eigenvalue weighted by Crippen LogP contribution is 2.74. The lowest BCUT2D eigenvalue weighted by Crippen LogP contribution is -2.29. The van der Waals surface area contributed by atoms with E-state index in [1.807, 2.05) is 12.2 Å². The number of fused-ring (bicyclic) bond motifs is 1. The summed E-state index contributed by atoms with van der Waals surface area (Å²) in [4.78, 5) is 0. The monoisotopic (exact) mass is 222 g/mol. The summed E-state index contributed by atoms with van der Waals surface area (Å²) in [6, 6.07) is 0. The Morgan fingerprint density at radius 2 is 2.08 bits per heavy atom. The molecule has 74 valence electrons. The van der Waals surface area contributed by atoms with Gasteiger partial charge in [-0.1, -0.05) is 12.2 Å². The summed E-state index contributed by atoms with van der Waals surface area (Å²) >= 11 is 12.2. The van der Waals surface area contributed by atoms with E-state index in [0.717, 1.165) is 6.42 Å². The fourth-order valence-corrected chi connectivity index (χ4v) is 3.65. The second-order valence-corrected chi connectivity index (χ2v) is 5.21. The highest BCUT2D eigenvalue weighted by Gasteiger charge is 2.77. The zero-order chi connectivity index (χ0) is 9.69. The van der Waals surface area contributed by atoms with Crippen molar-refractivity contribution in [2.24, 2.45) is 17.3 Å². The van der Waals surface area contributed by atoms with E-state index in [0.29, 0.717) is 0 Å². The van der Waals surface area contributed by atoms with Crippen molar-refractivity contribution in [2.45, 2.75) is 10.8 Å². The first-order valence-corrected chi connectivity index (χ1v) is 5.13. The Morgan fingerprint density at radius 1 is 1.38 bits per heavy atom. The van der Waals surface area contributed by atoms with Gasteiger partial charge in [-0.3, -0.25) is 0 Å². The molecule has 2 aliphatic carbocycles. The fraction of sp³-hybridized carbons (Fsp3) is 0.778. The summed E-state index contributed by atoms with van der Waals surface area (Å²) in [5.41, 5.74) is -0.500. The highest BCUT2D eigenvalue weighted by atomic mass is 35.5. The zero-order valence-corrected chi connectivity index (χ0v) is 8.59. The number of allylic oxidation sites excluding steroid dienone is 1. The lowest BCUT2D eigenvalue weighted by atomic mass is 9.83. The zero-order valence-electron chi connectivity index (χ0n) is 7.08. The Morgan fingerprint density at radius 3 is 2.54 bits per heavy atom. The number of aliphatic hydroxyl groups excluding tert-OH is 2. The van der Waals surface area contributed by atoms with Crippen molar-refractivity contribution < 1.29 is 10.2 Å². The Balaban J connectivity index is 2.32. The third-order valence-electron chi connectivity index (χ3n) is 3.46. The van der Waals surface area contributed by atoms with Gasteiger partial charge < -0.3 is 10.2 Å². The number of rotatable bonds is 2. The van der Waals surface area contributed by atoms with Crippen LogP contribution in [0.5, 0.6) is 0 Å². The van der Waals surface area contributed by atoms with E-state index in [-0.39, 0.29) is 25.0 Å². The van der Waals surface area contributed by atoms with E-state index in [2.05, 4.69) is 0 Å². The molecule has 0 heterocycles. The van der Waals surface area contributed by atoms with Gasteiger partial charge in [0.05, 0.1) is 13.2 Å². The van der Waals surface area contributed by atoms with Gasteiger partial charge in [-0.15, -0.1) is 23.2 Å². The molecule has 0 aromatic rings. The maximum Gasteiger partial charge on any atom is 0.130 e. The van der Waals surface area contributed by atoms with Crippen LogP contribution < -0.4 is 0 Å². The molecule has 0 saturated heterocycles. The molecule has 2 rings (SSSR count). The number of hydrogen-bond acceptors (Lipinski definition) is 2. The van der Waals surface area contributed by atoms with Crippen LogP contribution in [0.4, 0.5) is 0 Å². The minimum Gasteiger partial charge on any atom is -0.396 e. The molecule has 13 heavy (non-hydrogen) atoms. The molecule has 2 aliphatic rings. The molecule has 0 spiro atoms. The Bertz CT molecular complexity index is 252. The lowest BCUT2D eigenvalue weighted by Gasteiger charge is -2.25. The quantitative estimate of drug-likeness (QED) is 0.547. The van der Waals surface area contributed by atoms with Crippen molar-refractivity contribution >= 4 is 23.2 Å². The Kier molecular flexibility index (Phi) is 2.15. The summed E-state index contributed by atoms with van der Waals surface area (Å²) in [5.74, 6) is -0.0123. The maximum absolute atomic E-state index is 9.32. The van der Waals surface area contributed by atoms with Crippen molar-refractivity contribution in [1.82, 2.24) is 0 Å². The van der Waals surface area contributed by atoms with E-state index in [4.69, 9.17) is 28.3 Å². The third-order valence-corrected chi connectivity index (χ3v) is 4.69. The highest BCUT2D eigenvalue weighted by molar-refractivity contribution is 6.52. The van der Waals surface area contributed by atoms with Gasteiger partial charge in [0.15, 0.2) is 0 Å². The van der Waals surface area contributed by atoms with Crippen molar-refractivity contribution in [3.63, 3.8) is 0 Å². The molecule has 2 nitrogen and oxygen atoms in total. The molecule has 0 bridgehead atoms. The molecular weight excluding hydrogens is 211 g/mol. The number of hydrogen-bond donors (Lipinski definition) is 2. The van der Waals surface area contributed by atoms with Crippen LogP contribution in [-0.4, -0.2) is 27.8 Å². The molecule has 1 saturated carbocycles. The molecular formula is C9H12Cl2O2. The van der Waals surface area contributed by atoms with Crippen molar-refractivity contribution in [3.05, 3.63) is 12.2 Å². The van der Waals surface area contributed by atoms with Crippen molar-refractivity contribution in [1.29, 1.82) is 0 Å². The minimum absolute atomic E-state index is 0.00521. The number of halogens is 2. The summed E-state index contributed by atoms with van der Waals surface area (Å²) in [6.45, 7) is -0.0605. The van der Waals surface area contributed by atoms with Crippen LogP contribution in [0.2, 0.25) is 0 Å². The summed E-state index contributed by atoms with van der Waals surface area (Å²) in [6.07, 6.45) is 4.68. The number of alkyl halides is 2. The average molecular weight is 223 g/mol. The van der Waals surface area contributed by atoms with Gasteiger partial charge in [-0.05, 0) is 6.42 Å². The van der Waals surface area contributed by atoms with Gasteiger partial charge in [0, 0.05) is 17.3 Å². The fourth-order valence-electron chi connectivity index (χ4n) is 2.53. The molecule has 0 aromatic heterocycles. The molecule has 4 heteroatoms. The van der Waals surface area contributed by atoms with E-state index >= 15 is 0 Å². The van der Waals surface area contributed by atoms with Crippen LogP contribution in [-0.2, 0) is 0 Å². The summed E-state index contributed by atoms with van der Waals surface area (Å²) in [5, 5.41) is 18.5. The predicted molar refractivity (Wildman–Crippen MR) is 51.8 cm³/mol. The molecule has 2 N–H and O–H groups in total. The number of aliphatic hydroxyl groups is 2. The van der Waals surface area contributed by atoms with Crippen LogP contribution in [0.15, 0.2) is 12.2 Å². The maximum atomic E-state index is 9.32. The van der Waals surface area contributed by atoms with E-state index in [1.165, 1.54) is 0 Å². The van der Waals surface area contributed by atoms with Gasteiger partial charge in [0.1, 0.15) is 4.33 Å². The van der Waals surface area contributed by atoms with Crippen LogP contribution in [0.1, 0.15) is 6.42 Å². The van der Waals surface area contributed by atoms with E-state index < -0.39 is 9.75 Å². The third kappa shape index (κ3) is 0.977. The molecule has 0 amide bonds. The molecule has 0 aliphatic heterocycles. The van der Waals surface area contributed by atoms with Crippen LogP contribution in [0.25, 0.3) is 0 Å². The summed E-state index contributed by atoms with van der Waals surface area (Å²) < 4.78 is -0.862. The van der Waals surface area contributed by atoms with Crippen molar-refractivity contribution in [2.75, 3.05) is 13.2 Å². The SMILES string of the molecule is OCC1C=CCC2C(Cl)(Cl)C12CO. The molecule has 0 radical (unpaired) electrons. The summed E-state index contributed by atoms with van der Waals surface area (Å²) in [7, 11) is 0. The van der Waals surface area contributed by atoms with Crippen LogP contribution in [0.3, 0.4) is 0 Å². The minimum atomic E-state index is -0.862. The van der Waals surface area contributed by atoms with Crippen LogP contribution >= 0.6 is 23.2 Å². The molecule has 3 atom stereocenters. The standard InChI is InChI=1S/C9H12Cl2O2/c10-9(11)7-3-1-2-6(4-12)8(7,9)5-13/h1-2,6-7,12-13H,3-5H2. The topological polar surface area (TPSA) is 40.5 Å². The van der Waals surface area contributed by atoms with Gasteiger partial charge in [0.2, 0.25) is 0 Å². The normalized spacial score (nSPS) is 45.8. The average Bonchev–Trinajstić information content (AvgIpc) is 2.64. The largest absolute Gasteiger partial charge is 0.396 e. The van der Waals surface area contributed by atoms with Gasteiger partial charge in [-0.2, -0.15) is 0 Å². The first-order chi connectivity index (χ1) is 6.11. The Labute approximate surface area is 87.2 Å². The van der Waals surface area contributed by atoms with E-state index in [1.54, 1.807) is 0 Å². The van der Waals surface area contributed by atoms with Gasteiger partial charge in [-0.25, -0.2) is 0 Å². The predicted octanol–water partition coefficient (Wildman–Crippen LogP) is 1.34. The van der Waals surface area contributed by atoms with E-state index in [9.17, 15) is 5.11 Å². The molecule has 0 aromatic carbocycles. The lowest BCUT2D eigenvalue weighted by molar-refractivity contribution is 0.112. The van der Waals surface area contributed by atoms with Crippen molar-refractivity contribution in [3.8, 4) is 0 Å². The smallest absolute Gasteiger partial charge is 0.130 e. The van der Waals surface area contributed by atoms with Gasteiger partial charge >= 0.3 is 0 Å². The molecule has 3 unspecified atom stereocenters. The first kappa shape index (κ1) is 9.78. The first-order valence-electron chi connectivity index (χ1n) is 4.37. The van der Waals surface area contributed by atoms with Gasteiger partial charge in [0.25, 0.3) is 0 Å². The second-order valence-electron chi connectivity index (χ2n) is 3.83. The second kappa shape index (κ2) is 2.86. The Hall–Kier alpha value is 0.240.